The summed E-state index contributed by atoms with van der Waals surface area (Å²) in [5, 5.41) is 23.6. The van der Waals surface area contributed by atoms with E-state index in [1.54, 1.807) is 11.3 Å². The molecule has 0 amide bonds. The first kappa shape index (κ1) is 21.3. The molecule has 0 bridgehead atoms. The minimum Gasteiger partial charge on any atom is -0.383 e. The molecule has 2 aromatic heterocycles. The van der Waals surface area contributed by atoms with E-state index in [1.807, 2.05) is 35.1 Å². The molecule has 5 nitrogen and oxygen atoms in total. The van der Waals surface area contributed by atoms with Gasteiger partial charge in [0.05, 0.1) is 6.54 Å². The topological polar surface area (TPSA) is 59.9 Å². The number of aliphatic imine (C=N–C) groups is 1. The predicted molar refractivity (Wildman–Crippen MR) is 120 cm³/mol. The first-order valence-electron chi connectivity index (χ1n) is 10.1. The highest BCUT2D eigenvalue weighted by molar-refractivity contribution is 7.09. The van der Waals surface area contributed by atoms with Crippen molar-refractivity contribution in [1.29, 1.82) is 0 Å². The molecule has 2 unspecified atom stereocenters. The van der Waals surface area contributed by atoms with E-state index in [0.29, 0.717) is 12.5 Å². The normalized spacial score (nSPS) is 20.7. The summed E-state index contributed by atoms with van der Waals surface area (Å²) in [4.78, 5) is 8.65. The SMILES string of the molecule is CCNC(=NCC(C)(O)c1ccsc1)NCC1CCCN(Cc2cccs2)C1. The van der Waals surface area contributed by atoms with Gasteiger partial charge in [-0.25, -0.2) is 4.99 Å². The predicted octanol–water partition coefficient (Wildman–Crippen LogP) is 3.48. The third kappa shape index (κ3) is 6.30. The zero-order chi connectivity index (χ0) is 19.8. The maximum absolute atomic E-state index is 10.7. The zero-order valence-corrected chi connectivity index (χ0v) is 18.5. The molecular formula is C21H32N4OS2. The Morgan fingerprint density at radius 2 is 2.25 bits per heavy atom. The van der Waals surface area contributed by atoms with Crippen LogP contribution >= 0.6 is 22.7 Å². The minimum atomic E-state index is -0.940. The van der Waals surface area contributed by atoms with Gasteiger partial charge in [0.25, 0.3) is 0 Å². The van der Waals surface area contributed by atoms with Crippen LogP contribution in [0.15, 0.2) is 39.3 Å². The Bertz CT molecular complexity index is 713. The Kier molecular flexibility index (Phi) is 7.91. The smallest absolute Gasteiger partial charge is 0.191 e. The molecule has 3 rings (SSSR count). The summed E-state index contributed by atoms with van der Waals surface area (Å²) in [5.74, 6) is 1.41. The van der Waals surface area contributed by atoms with Crippen molar-refractivity contribution in [2.75, 3.05) is 32.7 Å². The Morgan fingerprint density at radius 3 is 2.96 bits per heavy atom. The summed E-state index contributed by atoms with van der Waals surface area (Å²) in [6, 6.07) is 6.32. The number of nitrogens with one attached hydrogen (secondary N) is 2. The van der Waals surface area contributed by atoms with Crippen LogP contribution in [0.25, 0.3) is 0 Å². The van der Waals surface area contributed by atoms with Gasteiger partial charge in [0.1, 0.15) is 5.60 Å². The van der Waals surface area contributed by atoms with Gasteiger partial charge in [-0.05, 0) is 73.0 Å². The van der Waals surface area contributed by atoms with Crippen molar-refractivity contribution in [2.24, 2.45) is 10.9 Å². The number of piperidine rings is 1. The van der Waals surface area contributed by atoms with E-state index in [2.05, 4.69) is 45.0 Å². The quantitative estimate of drug-likeness (QED) is 0.452. The van der Waals surface area contributed by atoms with Crippen molar-refractivity contribution >= 4 is 28.6 Å². The van der Waals surface area contributed by atoms with Crippen LogP contribution in [-0.4, -0.2) is 48.7 Å². The molecule has 2 atom stereocenters. The number of thiophene rings is 2. The first-order valence-corrected chi connectivity index (χ1v) is 11.9. The molecule has 1 fully saturated rings. The Morgan fingerprint density at radius 1 is 1.36 bits per heavy atom. The number of hydrogen-bond acceptors (Lipinski definition) is 5. The van der Waals surface area contributed by atoms with E-state index in [9.17, 15) is 5.11 Å². The highest BCUT2D eigenvalue weighted by Crippen LogP contribution is 2.23. The Balaban J connectivity index is 1.51. The highest BCUT2D eigenvalue weighted by atomic mass is 32.1. The van der Waals surface area contributed by atoms with Crippen LogP contribution < -0.4 is 10.6 Å². The molecule has 1 aliphatic rings. The van der Waals surface area contributed by atoms with E-state index in [4.69, 9.17) is 0 Å². The van der Waals surface area contributed by atoms with Crippen LogP contribution in [0.1, 0.15) is 37.1 Å². The number of guanidine groups is 1. The third-order valence-electron chi connectivity index (χ3n) is 5.15. The zero-order valence-electron chi connectivity index (χ0n) is 16.9. The summed E-state index contributed by atoms with van der Waals surface area (Å²) >= 11 is 3.44. The van der Waals surface area contributed by atoms with Gasteiger partial charge in [0.15, 0.2) is 5.96 Å². The third-order valence-corrected chi connectivity index (χ3v) is 6.70. The van der Waals surface area contributed by atoms with Crippen molar-refractivity contribution in [3.63, 3.8) is 0 Å². The number of aliphatic hydroxyl groups is 1. The lowest BCUT2D eigenvalue weighted by molar-refractivity contribution is 0.0677. The highest BCUT2D eigenvalue weighted by Gasteiger charge is 2.24. The molecule has 2 aromatic rings. The first-order chi connectivity index (χ1) is 13.6. The van der Waals surface area contributed by atoms with Gasteiger partial charge in [-0.2, -0.15) is 11.3 Å². The molecule has 154 valence electrons. The van der Waals surface area contributed by atoms with Crippen LogP contribution in [-0.2, 0) is 12.1 Å². The van der Waals surface area contributed by atoms with Gasteiger partial charge in [-0.15, -0.1) is 11.3 Å². The van der Waals surface area contributed by atoms with Crippen LogP contribution in [0, 0.1) is 5.92 Å². The van der Waals surface area contributed by atoms with Crippen molar-refractivity contribution < 1.29 is 5.11 Å². The van der Waals surface area contributed by atoms with E-state index in [1.165, 1.54) is 24.3 Å². The minimum absolute atomic E-state index is 0.342. The lowest BCUT2D eigenvalue weighted by Gasteiger charge is -2.32. The molecule has 1 aliphatic heterocycles. The molecule has 7 heteroatoms. The van der Waals surface area contributed by atoms with Gasteiger partial charge >= 0.3 is 0 Å². The van der Waals surface area contributed by atoms with Crippen molar-refractivity contribution in [3.8, 4) is 0 Å². The number of hydrogen-bond donors (Lipinski definition) is 3. The standard InChI is InChI=1S/C21H32N4OS2/c1-3-22-20(24-16-21(2,26)18-8-11-27-15-18)23-12-17-6-4-9-25(13-17)14-19-7-5-10-28-19/h5,7-8,10-11,15,17,26H,3-4,6,9,12-14,16H2,1-2H3,(H2,22,23,24). The number of rotatable bonds is 8. The molecule has 3 heterocycles. The maximum Gasteiger partial charge on any atom is 0.191 e. The summed E-state index contributed by atoms with van der Waals surface area (Å²) in [6.45, 7) is 9.32. The molecule has 0 radical (unpaired) electrons. The van der Waals surface area contributed by atoms with Gasteiger partial charge in [-0.1, -0.05) is 6.07 Å². The lowest BCUT2D eigenvalue weighted by atomic mass is 9.98. The van der Waals surface area contributed by atoms with E-state index < -0.39 is 5.60 Å². The lowest BCUT2D eigenvalue weighted by Crippen LogP contribution is -2.44. The maximum atomic E-state index is 10.7. The van der Waals surface area contributed by atoms with Crippen LogP contribution in [0.5, 0.6) is 0 Å². The van der Waals surface area contributed by atoms with Gasteiger partial charge < -0.3 is 15.7 Å². The number of nitrogens with zero attached hydrogens (tertiary/aromatic N) is 2. The molecule has 0 spiro atoms. The molecule has 28 heavy (non-hydrogen) atoms. The Labute approximate surface area is 176 Å². The average Bonchev–Trinajstić information content (AvgIpc) is 3.39. The van der Waals surface area contributed by atoms with Crippen molar-refractivity contribution in [1.82, 2.24) is 15.5 Å². The Hall–Kier alpha value is -1.41. The van der Waals surface area contributed by atoms with Crippen LogP contribution in [0.4, 0.5) is 0 Å². The molecule has 3 N–H and O–H groups in total. The fourth-order valence-electron chi connectivity index (χ4n) is 3.56. The molecular weight excluding hydrogens is 388 g/mol. The summed E-state index contributed by atoms with van der Waals surface area (Å²) < 4.78 is 0. The van der Waals surface area contributed by atoms with E-state index >= 15 is 0 Å². The summed E-state index contributed by atoms with van der Waals surface area (Å²) in [6.07, 6.45) is 2.50. The van der Waals surface area contributed by atoms with Crippen molar-refractivity contribution in [3.05, 3.63) is 44.8 Å². The van der Waals surface area contributed by atoms with Crippen molar-refractivity contribution in [2.45, 2.75) is 38.8 Å². The largest absolute Gasteiger partial charge is 0.383 e. The fraction of sp³-hybridized carbons (Fsp3) is 0.571. The molecule has 1 saturated heterocycles. The summed E-state index contributed by atoms with van der Waals surface area (Å²) in [5.41, 5.74) is -0.0152. The summed E-state index contributed by atoms with van der Waals surface area (Å²) in [7, 11) is 0. The van der Waals surface area contributed by atoms with Gasteiger partial charge in [-0.3, -0.25) is 4.90 Å². The monoisotopic (exact) mass is 420 g/mol. The van der Waals surface area contributed by atoms with Gasteiger partial charge in [0, 0.05) is 31.1 Å². The average molecular weight is 421 g/mol. The second kappa shape index (κ2) is 10.4. The van der Waals surface area contributed by atoms with E-state index in [0.717, 1.165) is 37.7 Å². The van der Waals surface area contributed by atoms with Crippen LogP contribution in [0.3, 0.4) is 0 Å². The van der Waals surface area contributed by atoms with E-state index in [-0.39, 0.29) is 0 Å². The molecule has 0 aromatic carbocycles. The molecule has 0 aliphatic carbocycles. The van der Waals surface area contributed by atoms with Gasteiger partial charge in [0.2, 0.25) is 0 Å². The second-order valence-electron chi connectivity index (χ2n) is 7.68. The number of likely N-dealkylation sites (tertiary alicyclic amines) is 1. The fourth-order valence-corrected chi connectivity index (χ4v) is 5.09. The van der Waals surface area contributed by atoms with Crippen LogP contribution in [0.2, 0.25) is 0 Å². The molecule has 0 saturated carbocycles. The second-order valence-corrected chi connectivity index (χ2v) is 9.50.